The maximum Gasteiger partial charge on any atom is 0.331 e. The Hall–Kier alpha value is -3.23. The quantitative estimate of drug-likeness (QED) is 0.384. The molecule has 1 aliphatic heterocycles. The number of carbonyl (C=O) groups is 2. The number of halogens is 1. The van der Waals surface area contributed by atoms with E-state index in [-0.39, 0.29) is 12.5 Å². The van der Waals surface area contributed by atoms with Gasteiger partial charge in [0, 0.05) is 41.0 Å². The number of aromatic nitrogens is 2. The van der Waals surface area contributed by atoms with Gasteiger partial charge in [-0.3, -0.25) is 4.79 Å². The minimum atomic E-state index is -0.583. The Balaban J connectivity index is 1.50. The van der Waals surface area contributed by atoms with Crippen molar-refractivity contribution < 1.29 is 19.1 Å². The van der Waals surface area contributed by atoms with Crippen molar-refractivity contribution in [2.75, 3.05) is 32.9 Å². The highest BCUT2D eigenvalue weighted by Gasteiger charge is 2.18. The van der Waals surface area contributed by atoms with Gasteiger partial charge in [0.25, 0.3) is 5.91 Å². The van der Waals surface area contributed by atoms with Crippen LogP contribution in [0.1, 0.15) is 5.56 Å². The molecule has 0 radical (unpaired) electrons. The van der Waals surface area contributed by atoms with Crippen LogP contribution in [0.25, 0.3) is 23.0 Å². The van der Waals surface area contributed by atoms with Crippen LogP contribution in [0.5, 0.6) is 0 Å². The first-order valence-corrected chi connectivity index (χ1v) is 11.0. The first-order chi connectivity index (χ1) is 15.6. The van der Waals surface area contributed by atoms with Crippen molar-refractivity contribution >= 4 is 33.9 Å². The summed E-state index contributed by atoms with van der Waals surface area (Å²) in [5.41, 5.74) is 3.31. The first-order valence-electron chi connectivity index (χ1n) is 10.2. The van der Waals surface area contributed by atoms with Crippen LogP contribution in [-0.4, -0.2) is 59.5 Å². The van der Waals surface area contributed by atoms with Gasteiger partial charge in [-0.15, -0.1) is 0 Å². The number of morpholine rings is 1. The third kappa shape index (κ3) is 5.52. The Kier molecular flexibility index (Phi) is 7.14. The number of amides is 1. The molecule has 2 aromatic carbocycles. The van der Waals surface area contributed by atoms with Crippen LogP contribution in [0.15, 0.2) is 71.3 Å². The molecule has 8 heteroatoms. The number of hydrogen-bond acceptors (Lipinski definition) is 5. The fourth-order valence-electron chi connectivity index (χ4n) is 3.30. The second kappa shape index (κ2) is 10.4. The van der Waals surface area contributed by atoms with Gasteiger partial charge < -0.3 is 14.4 Å². The standard InChI is InChI=1S/C24H22BrN3O4/c25-20-9-6-18(7-10-20)24-19(16-28(26-24)21-4-2-1-3-5-21)8-11-23(30)32-17-22(29)27-12-14-31-15-13-27/h1-11,16H,12-15,17H2. The monoisotopic (exact) mass is 495 g/mol. The lowest BCUT2D eigenvalue weighted by atomic mass is 10.1. The van der Waals surface area contributed by atoms with E-state index in [0.717, 1.165) is 27.0 Å². The molecule has 0 saturated carbocycles. The van der Waals surface area contributed by atoms with Crippen LogP contribution in [0.3, 0.4) is 0 Å². The predicted octanol–water partition coefficient (Wildman–Crippen LogP) is 3.72. The Labute approximate surface area is 194 Å². The normalized spacial score (nSPS) is 14.0. The molecular weight excluding hydrogens is 474 g/mol. The largest absolute Gasteiger partial charge is 0.452 e. The Morgan fingerprint density at radius 1 is 1.06 bits per heavy atom. The lowest BCUT2D eigenvalue weighted by Gasteiger charge is -2.26. The molecule has 0 atom stereocenters. The van der Waals surface area contributed by atoms with Crippen molar-refractivity contribution in [3.63, 3.8) is 0 Å². The molecule has 4 rings (SSSR count). The van der Waals surface area contributed by atoms with Crippen LogP contribution in [0.2, 0.25) is 0 Å². The number of carbonyl (C=O) groups excluding carboxylic acids is 2. The lowest BCUT2D eigenvalue weighted by Crippen LogP contribution is -2.42. The fourth-order valence-corrected chi connectivity index (χ4v) is 3.56. The molecule has 3 aromatic rings. The van der Waals surface area contributed by atoms with Crippen LogP contribution in [-0.2, 0) is 19.1 Å². The highest BCUT2D eigenvalue weighted by atomic mass is 79.9. The fraction of sp³-hybridized carbons (Fsp3) is 0.208. The van der Waals surface area contributed by atoms with Crippen LogP contribution in [0, 0.1) is 0 Å². The average molecular weight is 496 g/mol. The number of rotatable bonds is 6. The van der Waals surface area contributed by atoms with Gasteiger partial charge in [0.2, 0.25) is 0 Å². The molecule has 164 valence electrons. The number of hydrogen-bond donors (Lipinski definition) is 0. The summed E-state index contributed by atoms with van der Waals surface area (Å²) >= 11 is 3.45. The van der Waals surface area contributed by atoms with E-state index in [0.29, 0.717) is 26.3 Å². The second-order valence-corrected chi connectivity index (χ2v) is 8.07. The van der Waals surface area contributed by atoms with Gasteiger partial charge in [-0.25, -0.2) is 9.48 Å². The molecular formula is C24H22BrN3O4. The molecule has 0 bridgehead atoms. The Morgan fingerprint density at radius 3 is 2.50 bits per heavy atom. The van der Waals surface area contributed by atoms with E-state index in [2.05, 4.69) is 15.9 Å². The average Bonchev–Trinajstić information content (AvgIpc) is 3.27. The summed E-state index contributed by atoms with van der Waals surface area (Å²) in [6.07, 6.45) is 4.84. The highest BCUT2D eigenvalue weighted by molar-refractivity contribution is 9.10. The third-order valence-electron chi connectivity index (χ3n) is 4.98. The van der Waals surface area contributed by atoms with Crippen molar-refractivity contribution in [1.29, 1.82) is 0 Å². The first kappa shape index (κ1) is 22.0. The summed E-state index contributed by atoms with van der Waals surface area (Å²) in [7, 11) is 0. The zero-order chi connectivity index (χ0) is 22.3. The molecule has 0 aliphatic carbocycles. The van der Waals surface area contributed by atoms with E-state index < -0.39 is 5.97 Å². The summed E-state index contributed by atoms with van der Waals surface area (Å²) in [4.78, 5) is 26.0. The SMILES string of the molecule is O=C(C=Cc1cn(-c2ccccc2)nc1-c1ccc(Br)cc1)OCC(=O)N1CCOCC1. The second-order valence-electron chi connectivity index (χ2n) is 7.15. The topological polar surface area (TPSA) is 73.7 Å². The summed E-state index contributed by atoms with van der Waals surface area (Å²) in [5.74, 6) is -0.802. The predicted molar refractivity (Wildman–Crippen MR) is 124 cm³/mol. The maximum absolute atomic E-state index is 12.2. The summed E-state index contributed by atoms with van der Waals surface area (Å²) in [6, 6.07) is 17.5. The molecule has 7 nitrogen and oxygen atoms in total. The van der Waals surface area contributed by atoms with E-state index in [1.807, 2.05) is 60.8 Å². The minimum absolute atomic E-state index is 0.220. The van der Waals surface area contributed by atoms with Crippen LogP contribution >= 0.6 is 15.9 Å². The van der Waals surface area contributed by atoms with Crippen molar-refractivity contribution in [2.45, 2.75) is 0 Å². The summed E-state index contributed by atoms with van der Waals surface area (Å²) < 4.78 is 13.1. The van der Waals surface area contributed by atoms with E-state index in [1.54, 1.807) is 15.7 Å². The van der Waals surface area contributed by atoms with Gasteiger partial charge in [0.05, 0.1) is 24.6 Å². The van der Waals surface area contributed by atoms with Gasteiger partial charge in [0.15, 0.2) is 6.61 Å². The van der Waals surface area contributed by atoms with E-state index in [9.17, 15) is 9.59 Å². The summed E-state index contributed by atoms with van der Waals surface area (Å²) in [6.45, 7) is 1.75. The van der Waals surface area contributed by atoms with Crippen molar-refractivity contribution in [1.82, 2.24) is 14.7 Å². The van der Waals surface area contributed by atoms with E-state index in [1.165, 1.54) is 6.08 Å². The van der Waals surface area contributed by atoms with Gasteiger partial charge in [-0.1, -0.05) is 46.3 Å². The van der Waals surface area contributed by atoms with Crippen LogP contribution in [0.4, 0.5) is 0 Å². The molecule has 1 saturated heterocycles. The smallest absolute Gasteiger partial charge is 0.331 e. The number of ether oxygens (including phenoxy) is 2. The third-order valence-corrected chi connectivity index (χ3v) is 5.51. The number of para-hydroxylation sites is 1. The maximum atomic E-state index is 12.2. The zero-order valence-electron chi connectivity index (χ0n) is 17.3. The molecule has 1 fully saturated rings. The number of esters is 1. The molecule has 0 N–H and O–H groups in total. The Bertz CT molecular complexity index is 1100. The van der Waals surface area contributed by atoms with Gasteiger partial charge in [0.1, 0.15) is 0 Å². The molecule has 0 unspecified atom stereocenters. The number of nitrogens with zero attached hydrogens (tertiary/aromatic N) is 3. The Morgan fingerprint density at radius 2 is 1.78 bits per heavy atom. The molecule has 32 heavy (non-hydrogen) atoms. The van der Waals surface area contributed by atoms with Crippen LogP contribution < -0.4 is 0 Å². The van der Waals surface area contributed by atoms with E-state index >= 15 is 0 Å². The highest BCUT2D eigenvalue weighted by Crippen LogP contribution is 2.26. The minimum Gasteiger partial charge on any atom is -0.452 e. The van der Waals surface area contributed by atoms with E-state index in [4.69, 9.17) is 14.6 Å². The van der Waals surface area contributed by atoms with Gasteiger partial charge >= 0.3 is 5.97 Å². The molecule has 1 amide bonds. The van der Waals surface area contributed by atoms with Gasteiger partial charge in [-0.2, -0.15) is 5.10 Å². The molecule has 2 heterocycles. The van der Waals surface area contributed by atoms with Crippen molar-refractivity contribution in [3.05, 3.63) is 76.9 Å². The van der Waals surface area contributed by atoms with Crippen molar-refractivity contribution in [3.8, 4) is 16.9 Å². The zero-order valence-corrected chi connectivity index (χ0v) is 18.9. The lowest BCUT2D eigenvalue weighted by molar-refractivity contribution is -0.150. The van der Waals surface area contributed by atoms with Gasteiger partial charge in [-0.05, 0) is 30.3 Å². The molecule has 1 aromatic heterocycles. The molecule has 1 aliphatic rings. The number of benzene rings is 2. The van der Waals surface area contributed by atoms with Crippen molar-refractivity contribution in [2.24, 2.45) is 0 Å². The molecule has 0 spiro atoms. The summed E-state index contributed by atoms with van der Waals surface area (Å²) in [5, 5.41) is 4.72.